The minimum absolute atomic E-state index is 0.0524. The number of ether oxygens (including phenoxy) is 1. The van der Waals surface area contributed by atoms with E-state index in [9.17, 15) is 15.2 Å². The number of carbonyl (C=O) groups is 1. The molecule has 0 aliphatic carbocycles. The van der Waals surface area contributed by atoms with Gasteiger partial charge in [0.15, 0.2) is 0 Å². The monoisotopic (exact) mass is 356 g/mol. The van der Waals surface area contributed by atoms with Gasteiger partial charge in [-0.25, -0.2) is 4.79 Å². The molecule has 2 bridgehead atoms. The topological polar surface area (TPSA) is 89.7 Å². The lowest BCUT2D eigenvalue weighted by atomic mass is 9.75. The maximum Gasteiger partial charge on any atom is 0.407 e. The van der Waals surface area contributed by atoms with Crippen molar-refractivity contribution in [2.24, 2.45) is 0 Å². The van der Waals surface area contributed by atoms with Gasteiger partial charge in [0.2, 0.25) is 0 Å². The van der Waals surface area contributed by atoms with Crippen LogP contribution in [0.15, 0.2) is 24.4 Å². The van der Waals surface area contributed by atoms with Gasteiger partial charge in [0.1, 0.15) is 5.41 Å². The number of hydrogen-bond acceptors (Lipinski definition) is 5. The van der Waals surface area contributed by atoms with Gasteiger partial charge in [-0.1, -0.05) is 6.07 Å². The number of nitriles is 1. The fourth-order valence-corrected chi connectivity index (χ4v) is 4.84. The van der Waals surface area contributed by atoms with Gasteiger partial charge in [-0.3, -0.25) is 9.88 Å². The highest BCUT2D eigenvalue weighted by atomic mass is 16.5. The second kappa shape index (κ2) is 6.86. The third kappa shape index (κ3) is 2.93. The zero-order valence-corrected chi connectivity index (χ0v) is 14.8. The number of nitrogens with zero attached hydrogens (tertiary/aromatic N) is 4. The summed E-state index contributed by atoms with van der Waals surface area (Å²) in [5, 5.41) is 19.3. The number of fused-ring (bicyclic) bond motifs is 2. The first-order valence-electron chi connectivity index (χ1n) is 9.29. The summed E-state index contributed by atoms with van der Waals surface area (Å²) in [4.78, 5) is 20.0. The SMILES string of the molecule is N#CC1(c2ccccn2)CCN(C2CC3COCC(C2)N3C(=O)O)CC1. The van der Waals surface area contributed by atoms with E-state index in [2.05, 4.69) is 16.0 Å². The molecule has 3 aliphatic rings. The Morgan fingerprint density at radius 2 is 1.92 bits per heavy atom. The Kier molecular flexibility index (Phi) is 4.55. The summed E-state index contributed by atoms with van der Waals surface area (Å²) in [6.07, 6.45) is 4.08. The molecule has 2 unspecified atom stereocenters. The van der Waals surface area contributed by atoms with Gasteiger partial charge in [0.05, 0.1) is 37.1 Å². The zero-order chi connectivity index (χ0) is 18.1. The van der Waals surface area contributed by atoms with Gasteiger partial charge in [-0.2, -0.15) is 5.26 Å². The Hall–Kier alpha value is -2.17. The quantitative estimate of drug-likeness (QED) is 0.870. The first kappa shape index (κ1) is 17.3. The number of amides is 1. The van der Waals surface area contributed by atoms with Crippen LogP contribution in [0.4, 0.5) is 4.79 Å². The maximum atomic E-state index is 11.5. The number of likely N-dealkylation sites (tertiary alicyclic amines) is 1. The summed E-state index contributed by atoms with van der Waals surface area (Å²) in [7, 11) is 0. The van der Waals surface area contributed by atoms with Crippen LogP contribution in [-0.2, 0) is 10.2 Å². The Morgan fingerprint density at radius 3 is 2.46 bits per heavy atom. The third-order valence-electron chi connectivity index (χ3n) is 6.25. The smallest absolute Gasteiger partial charge is 0.407 e. The fraction of sp³-hybridized carbons (Fsp3) is 0.632. The van der Waals surface area contributed by atoms with Gasteiger partial charge in [-0.05, 0) is 37.8 Å². The lowest BCUT2D eigenvalue weighted by Crippen LogP contribution is -2.63. The minimum Gasteiger partial charge on any atom is -0.465 e. The van der Waals surface area contributed by atoms with Crippen LogP contribution in [0.5, 0.6) is 0 Å². The van der Waals surface area contributed by atoms with Crippen molar-refractivity contribution < 1.29 is 14.6 Å². The molecule has 1 amide bonds. The lowest BCUT2D eigenvalue weighted by molar-refractivity contribution is -0.0836. The van der Waals surface area contributed by atoms with E-state index in [1.54, 1.807) is 11.1 Å². The summed E-state index contributed by atoms with van der Waals surface area (Å²) in [5.74, 6) is 0. The Morgan fingerprint density at radius 1 is 1.23 bits per heavy atom. The van der Waals surface area contributed by atoms with E-state index in [-0.39, 0.29) is 12.1 Å². The van der Waals surface area contributed by atoms with Crippen LogP contribution >= 0.6 is 0 Å². The van der Waals surface area contributed by atoms with Crippen LogP contribution in [0.2, 0.25) is 0 Å². The number of pyridine rings is 1. The summed E-state index contributed by atoms with van der Waals surface area (Å²) in [5.41, 5.74) is 0.367. The first-order valence-corrected chi connectivity index (χ1v) is 9.29. The largest absolute Gasteiger partial charge is 0.465 e. The maximum absolute atomic E-state index is 11.5. The van der Waals surface area contributed by atoms with Crippen LogP contribution in [0.3, 0.4) is 0 Å². The van der Waals surface area contributed by atoms with E-state index in [1.165, 1.54) is 0 Å². The molecule has 3 fully saturated rings. The number of rotatable bonds is 2. The molecule has 0 radical (unpaired) electrons. The van der Waals surface area contributed by atoms with Crippen molar-refractivity contribution in [1.82, 2.24) is 14.8 Å². The van der Waals surface area contributed by atoms with Crippen molar-refractivity contribution in [3.63, 3.8) is 0 Å². The van der Waals surface area contributed by atoms with Crippen molar-refractivity contribution in [3.05, 3.63) is 30.1 Å². The minimum atomic E-state index is -0.834. The van der Waals surface area contributed by atoms with Crippen LogP contribution in [0.25, 0.3) is 0 Å². The highest BCUT2D eigenvalue weighted by molar-refractivity contribution is 5.66. The van der Waals surface area contributed by atoms with Crippen LogP contribution in [0.1, 0.15) is 31.4 Å². The lowest BCUT2D eigenvalue weighted by Gasteiger charge is -2.51. The predicted octanol–water partition coefficient (Wildman–Crippen LogP) is 1.85. The summed E-state index contributed by atoms with van der Waals surface area (Å²) in [6, 6.07) is 8.55. The molecule has 7 nitrogen and oxygen atoms in total. The van der Waals surface area contributed by atoms with E-state index < -0.39 is 11.5 Å². The van der Waals surface area contributed by atoms with Gasteiger partial charge in [-0.15, -0.1) is 0 Å². The number of morpholine rings is 1. The average molecular weight is 356 g/mol. The van der Waals surface area contributed by atoms with Gasteiger partial charge in [0, 0.05) is 25.3 Å². The van der Waals surface area contributed by atoms with Crippen molar-refractivity contribution in [2.75, 3.05) is 26.3 Å². The second-order valence-corrected chi connectivity index (χ2v) is 7.61. The number of hydrogen-bond donors (Lipinski definition) is 1. The Bertz CT molecular complexity index is 682. The van der Waals surface area contributed by atoms with E-state index >= 15 is 0 Å². The third-order valence-corrected chi connectivity index (χ3v) is 6.25. The van der Waals surface area contributed by atoms with E-state index in [0.717, 1.165) is 44.5 Å². The summed E-state index contributed by atoms with van der Waals surface area (Å²) >= 11 is 0. The molecule has 0 spiro atoms. The zero-order valence-electron chi connectivity index (χ0n) is 14.8. The average Bonchev–Trinajstić information content (AvgIpc) is 2.67. The van der Waals surface area contributed by atoms with E-state index in [0.29, 0.717) is 19.3 Å². The van der Waals surface area contributed by atoms with Crippen molar-refractivity contribution in [1.29, 1.82) is 5.26 Å². The van der Waals surface area contributed by atoms with E-state index in [4.69, 9.17) is 4.74 Å². The molecule has 7 heteroatoms. The van der Waals surface area contributed by atoms with Crippen molar-refractivity contribution >= 4 is 6.09 Å². The van der Waals surface area contributed by atoms with Crippen LogP contribution in [-0.4, -0.2) is 70.4 Å². The fourth-order valence-electron chi connectivity index (χ4n) is 4.84. The number of carboxylic acid groups (broad SMARTS) is 1. The van der Waals surface area contributed by atoms with Crippen LogP contribution in [0, 0.1) is 11.3 Å². The molecule has 4 rings (SSSR count). The standard InChI is InChI=1S/C19H24N4O3/c20-13-19(17-3-1-2-6-21-17)4-7-22(8-5-19)14-9-15-11-26-12-16(10-14)23(15)18(24)25/h1-3,6,14-16H,4-5,7-12H2,(H,24,25). The van der Waals surface area contributed by atoms with Gasteiger partial charge < -0.3 is 14.7 Å². The second-order valence-electron chi connectivity index (χ2n) is 7.61. The first-order chi connectivity index (χ1) is 12.6. The van der Waals surface area contributed by atoms with Crippen molar-refractivity contribution in [3.8, 4) is 6.07 Å². The highest BCUT2D eigenvalue weighted by Crippen LogP contribution is 2.37. The molecular weight excluding hydrogens is 332 g/mol. The van der Waals surface area contributed by atoms with Gasteiger partial charge >= 0.3 is 6.09 Å². The molecule has 1 aromatic heterocycles. The van der Waals surface area contributed by atoms with Crippen molar-refractivity contribution in [2.45, 2.75) is 49.2 Å². The number of aromatic nitrogens is 1. The molecule has 0 aromatic carbocycles. The molecule has 1 N–H and O–H groups in total. The molecule has 4 heterocycles. The highest BCUT2D eigenvalue weighted by Gasteiger charge is 2.45. The molecule has 2 atom stereocenters. The Labute approximate surface area is 153 Å². The summed E-state index contributed by atoms with van der Waals surface area (Å²) < 4.78 is 5.59. The Balaban J connectivity index is 1.44. The molecule has 26 heavy (non-hydrogen) atoms. The van der Waals surface area contributed by atoms with Crippen LogP contribution < -0.4 is 0 Å². The number of piperidine rings is 2. The molecule has 3 saturated heterocycles. The normalized spacial score (nSPS) is 31.2. The molecule has 138 valence electrons. The predicted molar refractivity (Wildman–Crippen MR) is 93.6 cm³/mol. The molecular formula is C19H24N4O3. The summed E-state index contributed by atoms with van der Waals surface area (Å²) in [6.45, 7) is 2.68. The van der Waals surface area contributed by atoms with E-state index in [1.807, 2.05) is 18.2 Å². The molecule has 0 saturated carbocycles. The molecule has 3 aliphatic heterocycles. The molecule has 1 aromatic rings. The van der Waals surface area contributed by atoms with Gasteiger partial charge in [0.25, 0.3) is 0 Å².